The van der Waals surface area contributed by atoms with Gasteiger partial charge in [-0.3, -0.25) is 14.3 Å². The molecule has 0 fully saturated rings. The summed E-state index contributed by atoms with van der Waals surface area (Å²) in [6, 6.07) is 23.8. The van der Waals surface area contributed by atoms with Gasteiger partial charge in [0.1, 0.15) is 19.0 Å². The van der Waals surface area contributed by atoms with Crippen LogP contribution in [0.2, 0.25) is 0 Å². The summed E-state index contributed by atoms with van der Waals surface area (Å²) < 4.78 is 26.3. The third-order valence-electron chi connectivity index (χ3n) is 5.54. The Balaban J connectivity index is 0.00000186. The Labute approximate surface area is 220 Å². The van der Waals surface area contributed by atoms with E-state index in [1.165, 1.54) is 0 Å². The van der Waals surface area contributed by atoms with E-state index in [2.05, 4.69) is 4.72 Å². The van der Waals surface area contributed by atoms with Crippen LogP contribution in [0.15, 0.2) is 107 Å². The van der Waals surface area contributed by atoms with Crippen LogP contribution in [0.4, 0.5) is 0 Å². The molecule has 0 spiro atoms. The van der Waals surface area contributed by atoms with Gasteiger partial charge >= 0.3 is 0 Å². The van der Waals surface area contributed by atoms with Crippen LogP contribution in [0.5, 0.6) is 5.75 Å². The molecule has 37 heavy (non-hydrogen) atoms. The van der Waals surface area contributed by atoms with Crippen LogP contribution in [0.3, 0.4) is 0 Å². The standard InChI is InChI=1S/C28H25NO5S.C2H6/c1-19-17-34-27(28(31)29-35(32)26-6-4-3-5-7-26)16-24(19)18-33-25-14-12-23(13-15-25)22-10-8-21(9-11-22)20(2)30;1-2/h3-16H,17-18H2,1-2H3,(H,29,31);1-2H3. The van der Waals surface area contributed by atoms with E-state index in [0.717, 1.165) is 22.3 Å². The van der Waals surface area contributed by atoms with Crippen molar-refractivity contribution in [2.24, 2.45) is 0 Å². The molecule has 0 aliphatic carbocycles. The van der Waals surface area contributed by atoms with Gasteiger partial charge in [-0.05, 0) is 66.5 Å². The van der Waals surface area contributed by atoms with E-state index in [1.807, 2.05) is 75.4 Å². The highest BCUT2D eigenvalue weighted by Crippen LogP contribution is 2.24. The van der Waals surface area contributed by atoms with E-state index in [1.54, 1.807) is 37.3 Å². The minimum Gasteiger partial charge on any atom is -0.489 e. The van der Waals surface area contributed by atoms with Gasteiger partial charge in [-0.1, -0.05) is 68.4 Å². The predicted molar refractivity (Wildman–Crippen MR) is 146 cm³/mol. The third-order valence-corrected chi connectivity index (χ3v) is 6.61. The maximum absolute atomic E-state index is 12.6. The van der Waals surface area contributed by atoms with Gasteiger partial charge in [-0.15, -0.1) is 0 Å². The Kier molecular flexibility index (Phi) is 9.98. The molecule has 1 aliphatic heterocycles. The van der Waals surface area contributed by atoms with Crippen molar-refractivity contribution in [3.05, 3.63) is 107 Å². The number of amides is 1. The van der Waals surface area contributed by atoms with Crippen LogP contribution in [-0.2, 0) is 20.5 Å². The van der Waals surface area contributed by atoms with E-state index >= 15 is 0 Å². The fourth-order valence-corrected chi connectivity index (χ4v) is 4.23. The van der Waals surface area contributed by atoms with Crippen molar-refractivity contribution in [2.75, 3.05) is 13.2 Å². The van der Waals surface area contributed by atoms with Gasteiger partial charge < -0.3 is 9.47 Å². The van der Waals surface area contributed by atoms with E-state index in [0.29, 0.717) is 16.2 Å². The second kappa shape index (κ2) is 13.4. The number of carbonyl (C=O) groups excluding carboxylic acids is 2. The van der Waals surface area contributed by atoms with E-state index in [-0.39, 0.29) is 24.8 Å². The molecule has 1 N–H and O–H groups in total. The smallest absolute Gasteiger partial charge is 0.298 e. The molecule has 0 aromatic heterocycles. The van der Waals surface area contributed by atoms with Gasteiger partial charge in [-0.25, -0.2) is 4.21 Å². The molecular weight excluding hydrogens is 486 g/mol. The van der Waals surface area contributed by atoms with E-state index < -0.39 is 16.9 Å². The lowest BCUT2D eigenvalue weighted by Crippen LogP contribution is -2.29. The van der Waals surface area contributed by atoms with Crippen LogP contribution < -0.4 is 9.46 Å². The first-order chi connectivity index (χ1) is 17.9. The predicted octanol–water partition coefficient (Wildman–Crippen LogP) is 6.03. The van der Waals surface area contributed by atoms with Crippen molar-refractivity contribution in [3.63, 3.8) is 0 Å². The maximum Gasteiger partial charge on any atom is 0.298 e. The summed E-state index contributed by atoms with van der Waals surface area (Å²) in [6.07, 6.45) is 1.63. The lowest BCUT2D eigenvalue weighted by molar-refractivity contribution is -0.119. The molecule has 0 radical (unpaired) electrons. The van der Waals surface area contributed by atoms with Crippen LogP contribution in [-0.4, -0.2) is 29.1 Å². The fraction of sp³-hybridized carbons (Fsp3) is 0.200. The molecule has 0 saturated heterocycles. The van der Waals surface area contributed by atoms with Gasteiger partial charge in [0.05, 0.1) is 4.90 Å². The average molecular weight is 518 g/mol. The number of ether oxygens (including phenoxy) is 2. The molecule has 7 heteroatoms. The molecule has 1 atom stereocenters. The first kappa shape index (κ1) is 27.6. The quantitative estimate of drug-likeness (QED) is 0.369. The van der Waals surface area contributed by atoms with Crippen molar-refractivity contribution in [3.8, 4) is 16.9 Å². The molecule has 3 aromatic rings. The number of benzene rings is 3. The lowest BCUT2D eigenvalue weighted by atomic mass is 10.0. The van der Waals surface area contributed by atoms with Crippen LogP contribution in [0, 0.1) is 0 Å². The van der Waals surface area contributed by atoms with Gasteiger partial charge in [0.15, 0.2) is 22.5 Å². The van der Waals surface area contributed by atoms with Crippen molar-refractivity contribution in [2.45, 2.75) is 32.6 Å². The van der Waals surface area contributed by atoms with Crippen molar-refractivity contribution in [1.82, 2.24) is 4.72 Å². The normalized spacial score (nSPS) is 13.4. The van der Waals surface area contributed by atoms with E-state index in [9.17, 15) is 13.8 Å². The number of carbonyl (C=O) groups is 2. The molecule has 1 aliphatic rings. The van der Waals surface area contributed by atoms with Crippen molar-refractivity contribution >= 4 is 22.7 Å². The Bertz CT molecular complexity index is 1310. The van der Waals surface area contributed by atoms with Crippen LogP contribution in [0.25, 0.3) is 11.1 Å². The minimum absolute atomic E-state index is 0.0390. The van der Waals surface area contributed by atoms with Crippen molar-refractivity contribution < 1.29 is 23.3 Å². The number of hydrogen-bond donors (Lipinski definition) is 1. The first-order valence-corrected chi connectivity index (χ1v) is 13.2. The highest BCUT2D eigenvalue weighted by Gasteiger charge is 2.20. The monoisotopic (exact) mass is 517 g/mol. The minimum atomic E-state index is -1.67. The Morgan fingerprint density at radius 2 is 1.51 bits per heavy atom. The molecule has 0 saturated carbocycles. The second-order valence-electron chi connectivity index (χ2n) is 8.06. The summed E-state index contributed by atoms with van der Waals surface area (Å²) in [5.74, 6) is 0.280. The fourth-order valence-electron chi connectivity index (χ4n) is 3.44. The molecule has 1 amide bonds. The van der Waals surface area contributed by atoms with Gasteiger partial charge in [-0.2, -0.15) is 0 Å². The average Bonchev–Trinajstić information content (AvgIpc) is 2.94. The number of Topliss-reactive ketones (excluding diaryl/α,β-unsaturated/α-hetero) is 1. The number of ketones is 1. The Morgan fingerprint density at radius 3 is 2.11 bits per heavy atom. The molecule has 0 bridgehead atoms. The zero-order valence-corrected chi connectivity index (χ0v) is 22.3. The van der Waals surface area contributed by atoms with Gasteiger partial charge in [0.2, 0.25) is 0 Å². The van der Waals surface area contributed by atoms with Crippen LogP contribution >= 0.6 is 0 Å². The summed E-state index contributed by atoms with van der Waals surface area (Å²) >= 11 is 0. The molecule has 6 nitrogen and oxygen atoms in total. The third kappa shape index (κ3) is 7.51. The van der Waals surface area contributed by atoms with Gasteiger partial charge in [0, 0.05) is 5.56 Å². The van der Waals surface area contributed by atoms with E-state index in [4.69, 9.17) is 9.47 Å². The molecule has 1 unspecified atom stereocenters. The number of nitrogens with one attached hydrogen (secondary N) is 1. The topological polar surface area (TPSA) is 81.7 Å². The maximum atomic E-state index is 12.6. The summed E-state index contributed by atoms with van der Waals surface area (Å²) in [6.45, 7) is 7.98. The molecule has 4 rings (SSSR count). The second-order valence-corrected chi connectivity index (χ2v) is 9.28. The SMILES string of the molecule is CC.CC(=O)c1ccc(-c2ccc(OCC3=C(C)COC(C(=O)NS(=O)c4ccccc4)=C3)cc2)cc1. The van der Waals surface area contributed by atoms with Crippen LogP contribution in [0.1, 0.15) is 38.1 Å². The van der Waals surface area contributed by atoms with Crippen molar-refractivity contribution in [1.29, 1.82) is 0 Å². The summed E-state index contributed by atoms with van der Waals surface area (Å²) in [5, 5.41) is 0. The highest BCUT2D eigenvalue weighted by atomic mass is 32.2. The number of rotatable bonds is 8. The summed E-state index contributed by atoms with van der Waals surface area (Å²) in [7, 11) is -1.67. The zero-order valence-electron chi connectivity index (χ0n) is 21.4. The first-order valence-electron chi connectivity index (χ1n) is 12.1. The Hall–Kier alpha value is -3.97. The Morgan fingerprint density at radius 1 is 0.919 bits per heavy atom. The molecule has 3 aromatic carbocycles. The number of hydrogen-bond acceptors (Lipinski definition) is 5. The molecular formula is C30H31NO5S. The molecule has 192 valence electrons. The summed E-state index contributed by atoms with van der Waals surface area (Å²) in [5.41, 5.74) is 4.49. The largest absolute Gasteiger partial charge is 0.489 e. The molecule has 1 heterocycles. The zero-order chi connectivity index (χ0) is 26.8. The lowest BCUT2D eigenvalue weighted by Gasteiger charge is -2.19. The summed E-state index contributed by atoms with van der Waals surface area (Å²) in [4.78, 5) is 24.5. The van der Waals surface area contributed by atoms with Gasteiger partial charge in [0.25, 0.3) is 5.91 Å². The highest BCUT2D eigenvalue weighted by molar-refractivity contribution is 7.83.